The molecule has 3 aromatic rings. The Morgan fingerprint density at radius 1 is 1.18 bits per heavy atom. The van der Waals surface area contributed by atoms with Gasteiger partial charge in [-0.25, -0.2) is 9.48 Å². The second kappa shape index (κ2) is 13.3. The highest BCUT2D eigenvalue weighted by Gasteiger charge is 2.32. The minimum Gasteiger partial charge on any atom is -0.465 e. The van der Waals surface area contributed by atoms with E-state index in [0.717, 1.165) is 16.7 Å². The summed E-state index contributed by atoms with van der Waals surface area (Å²) in [5.41, 5.74) is 3.03. The molecule has 13 heteroatoms. The van der Waals surface area contributed by atoms with E-state index in [0.29, 0.717) is 23.0 Å². The molecule has 2 aromatic carbocycles. The smallest absolute Gasteiger partial charge is 0.325 e. The molecule has 12 nitrogen and oxygen atoms in total. The number of carbonyl (C=O) groups excluding carboxylic acids is 2. The summed E-state index contributed by atoms with van der Waals surface area (Å²) in [6.45, 7) is 1.68. The van der Waals surface area contributed by atoms with Gasteiger partial charge in [-0.05, 0) is 40.6 Å². The number of urea groups is 1. The Morgan fingerprint density at radius 3 is 2.71 bits per heavy atom. The SMILES string of the molecule is CCOC(=O)CNC(=O)Nc1cccc([C@H]2O[C@@H](CSc3nnnn3C)C[C@@H](c3ccc(CO)cc3)O2)c1. The van der Waals surface area contributed by atoms with Gasteiger partial charge in [0.1, 0.15) is 6.54 Å². The van der Waals surface area contributed by atoms with Crippen LogP contribution in [0.25, 0.3) is 0 Å². The highest BCUT2D eigenvalue weighted by Crippen LogP contribution is 2.39. The Kier molecular flexibility index (Phi) is 9.65. The van der Waals surface area contributed by atoms with Crippen LogP contribution in [0.1, 0.15) is 42.4 Å². The Labute approximate surface area is 224 Å². The number of amides is 2. The lowest BCUT2D eigenvalue weighted by molar-refractivity contribution is -0.245. The van der Waals surface area contributed by atoms with Crippen LogP contribution in [0.4, 0.5) is 10.5 Å². The second-order valence-corrected chi connectivity index (χ2v) is 9.47. The molecule has 0 radical (unpaired) electrons. The molecule has 38 heavy (non-hydrogen) atoms. The molecule has 0 bridgehead atoms. The van der Waals surface area contributed by atoms with E-state index in [-0.39, 0.29) is 32.0 Å². The predicted octanol–water partition coefficient (Wildman–Crippen LogP) is 2.72. The molecule has 0 spiro atoms. The second-order valence-electron chi connectivity index (χ2n) is 8.48. The van der Waals surface area contributed by atoms with Crippen molar-refractivity contribution < 1.29 is 28.9 Å². The van der Waals surface area contributed by atoms with Crippen molar-refractivity contribution in [1.82, 2.24) is 25.5 Å². The van der Waals surface area contributed by atoms with Crippen molar-refractivity contribution in [1.29, 1.82) is 0 Å². The van der Waals surface area contributed by atoms with E-state index >= 15 is 0 Å². The molecule has 0 aliphatic carbocycles. The Bertz CT molecular complexity index is 1220. The van der Waals surface area contributed by atoms with Gasteiger partial charge in [0.25, 0.3) is 0 Å². The predicted molar refractivity (Wildman–Crippen MR) is 138 cm³/mol. The fourth-order valence-corrected chi connectivity index (χ4v) is 4.70. The number of aliphatic hydroxyl groups excluding tert-OH is 1. The number of aliphatic hydroxyl groups is 1. The van der Waals surface area contributed by atoms with Gasteiger partial charge in [0.05, 0.1) is 25.4 Å². The lowest BCUT2D eigenvalue weighted by atomic mass is 10.0. The average Bonchev–Trinajstić information content (AvgIpc) is 3.35. The van der Waals surface area contributed by atoms with Crippen molar-refractivity contribution in [3.8, 4) is 0 Å². The number of benzene rings is 2. The number of nitrogens with one attached hydrogen (secondary N) is 2. The van der Waals surface area contributed by atoms with Crippen LogP contribution < -0.4 is 10.6 Å². The van der Waals surface area contributed by atoms with Crippen molar-refractivity contribution in [3.05, 3.63) is 65.2 Å². The van der Waals surface area contributed by atoms with Gasteiger partial charge in [-0.3, -0.25) is 4.79 Å². The van der Waals surface area contributed by atoms with Crippen LogP contribution >= 0.6 is 11.8 Å². The zero-order chi connectivity index (χ0) is 26.9. The largest absolute Gasteiger partial charge is 0.465 e. The van der Waals surface area contributed by atoms with E-state index in [1.54, 1.807) is 36.9 Å². The Hall–Kier alpha value is -3.52. The van der Waals surface area contributed by atoms with Crippen molar-refractivity contribution >= 4 is 29.4 Å². The normalized spacial score (nSPS) is 19.1. The summed E-state index contributed by atoms with van der Waals surface area (Å²) in [4.78, 5) is 23.7. The van der Waals surface area contributed by atoms with E-state index in [9.17, 15) is 14.7 Å². The van der Waals surface area contributed by atoms with E-state index in [1.165, 1.54) is 11.8 Å². The van der Waals surface area contributed by atoms with Gasteiger partial charge >= 0.3 is 12.0 Å². The lowest BCUT2D eigenvalue weighted by Gasteiger charge is -2.36. The Balaban J connectivity index is 1.47. The number of thioether (sulfide) groups is 1. The summed E-state index contributed by atoms with van der Waals surface area (Å²) in [5.74, 6) is 0.0903. The monoisotopic (exact) mass is 542 g/mol. The molecule has 0 saturated carbocycles. The zero-order valence-corrected chi connectivity index (χ0v) is 21.9. The molecule has 2 amide bonds. The summed E-state index contributed by atoms with van der Waals surface area (Å²) in [5, 5.41) is 26.8. The van der Waals surface area contributed by atoms with Crippen LogP contribution in [0.3, 0.4) is 0 Å². The number of rotatable bonds is 10. The number of ether oxygens (including phenoxy) is 3. The summed E-state index contributed by atoms with van der Waals surface area (Å²) in [7, 11) is 1.78. The number of anilines is 1. The van der Waals surface area contributed by atoms with Crippen molar-refractivity contribution in [2.75, 3.05) is 24.2 Å². The van der Waals surface area contributed by atoms with E-state index in [1.807, 2.05) is 30.3 Å². The zero-order valence-electron chi connectivity index (χ0n) is 21.1. The molecule has 1 fully saturated rings. The summed E-state index contributed by atoms with van der Waals surface area (Å²) in [6, 6.07) is 14.3. The number of hydrogen-bond acceptors (Lipinski definition) is 10. The summed E-state index contributed by atoms with van der Waals surface area (Å²) >= 11 is 1.49. The molecule has 3 atom stereocenters. The molecular formula is C25H30N6O6S. The average molecular weight is 543 g/mol. The molecule has 1 aliphatic heterocycles. The van der Waals surface area contributed by atoms with Crippen LogP contribution in [0.5, 0.6) is 0 Å². The van der Waals surface area contributed by atoms with Gasteiger partial charge in [0.15, 0.2) is 6.29 Å². The fourth-order valence-electron chi connectivity index (χ4n) is 3.84. The first-order valence-electron chi connectivity index (χ1n) is 12.1. The highest BCUT2D eigenvalue weighted by atomic mass is 32.2. The third kappa shape index (κ3) is 7.51. The third-order valence-corrected chi connectivity index (χ3v) is 6.85. The summed E-state index contributed by atoms with van der Waals surface area (Å²) < 4.78 is 19.1. The number of nitrogens with zero attached hydrogens (tertiary/aromatic N) is 4. The van der Waals surface area contributed by atoms with Gasteiger partial charge in [0.2, 0.25) is 5.16 Å². The molecule has 1 aromatic heterocycles. The number of tetrazole rings is 1. The van der Waals surface area contributed by atoms with Crippen LogP contribution in [-0.4, -0.2) is 62.3 Å². The maximum absolute atomic E-state index is 12.2. The molecule has 0 unspecified atom stereocenters. The first-order chi connectivity index (χ1) is 18.4. The number of aryl methyl sites for hydroxylation is 1. The van der Waals surface area contributed by atoms with Gasteiger partial charge in [-0.15, -0.1) is 5.10 Å². The van der Waals surface area contributed by atoms with Gasteiger partial charge in [0, 0.05) is 30.5 Å². The lowest BCUT2D eigenvalue weighted by Crippen LogP contribution is -2.34. The number of aromatic nitrogens is 4. The minimum absolute atomic E-state index is 0.0320. The van der Waals surface area contributed by atoms with E-state index < -0.39 is 18.3 Å². The van der Waals surface area contributed by atoms with E-state index in [4.69, 9.17) is 14.2 Å². The van der Waals surface area contributed by atoms with Gasteiger partial charge < -0.3 is 30.0 Å². The van der Waals surface area contributed by atoms with Crippen molar-refractivity contribution in [3.63, 3.8) is 0 Å². The third-order valence-electron chi connectivity index (χ3n) is 5.71. The van der Waals surface area contributed by atoms with E-state index in [2.05, 4.69) is 26.2 Å². The topological polar surface area (TPSA) is 150 Å². The van der Waals surface area contributed by atoms with Crippen LogP contribution in [0.15, 0.2) is 53.7 Å². The van der Waals surface area contributed by atoms with Crippen LogP contribution in [-0.2, 0) is 32.7 Å². The molecule has 202 valence electrons. The van der Waals surface area contributed by atoms with Crippen molar-refractivity contribution in [2.24, 2.45) is 7.05 Å². The first-order valence-corrected chi connectivity index (χ1v) is 13.1. The molecule has 4 rings (SSSR count). The number of hydrogen-bond donors (Lipinski definition) is 3. The van der Waals surface area contributed by atoms with Gasteiger partial charge in [-0.2, -0.15) is 0 Å². The summed E-state index contributed by atoms with van der Waals surface area (Å²) in [6.07, 6.45) is -0.517. The molecule has 2 heterocycles. The molecule has 1 saturated heterocycles. The molecule has 1 aliphatic rings. The first kappa shape index (κ1) is 27.5. The Morgan fingerprint density at radius 2 is 2.00 bits per heavy atom. The maximum atomic E-state index is 12.2. The minimum atomic E-state index is -0.696. The molecule has 3 N–H and O–H groups in total. The maximum Gasteiger partial charge on any atom is 0.325 e. The van der Waals surface area contributed by atoms with Crippen LogP contribution in [0.2, 0.25) is 0 Å². The quantitative estimate of drug-likeness (QED) is 0.258. The fraction of sp³-hybridized carbons (Fsp3) is 0.400. The molecular weight excluding hydrogens is 512 g/mol. The highest BCUT2D eigenvalue weighted by molar-refractivity contribution is 7.99. The number of esters is 1. The van der Waals surface area contributed by atoms with Crippen LogP contribution in [0, 0.1) is 0 Å². The van der Waals surface area contributed by atoms with Gasteiger partial charge in [-0.1, -0.05) is 48.2 Å². The van der Waals surface area contributed by atoms with Crippen molar-refractivity contribution in [2.45, 2.75) is 43.6 Å². The number of carbonyl (C=O) groups is 2. The standard InChI is InChI=1S/C25H30N6O6S/c1-3-35-22(33)13-26-24(34)27-19-6-4-5-18(11-19)23-36-20(15-38-25-28-29-30-31(25)2)12-21(37-23)17-9-7-16(14-32)8-10-17/h4-11,20-21,23,32H,3,12-15H2,1-2H3,(H2,26,27,34)/t20-,21+,23+/m1/s1.